The Hall–Kier alpha value is -0.450. The molecule has 2 nitrogen and oxygen atoms in total. The summed E-state index contributed by atoms with van der Waals surface area (Å²) >= 11 is 5.77. The van der Waals surface area contributed by atoms with Crippen molar-refractivity contribution < 1.29 is 8.60 Å². The number of hydrogen-bond donors (Lipinski definition) is 1. The highest BCUT2D eigenvalue weighted by molar-refractivity contribution is 7.84. The normalized spacial score (nSPS) is 19.2. The monoisotopic (exact) mass is 303 g/mol. The first-order chi connectivity index (χ1) is 8.79. The molecule has 0 amide bonds. The van der Waals surface area contributed by atoms with Crippen molar-refractivity contribution in [2.24, 2.45) is 5.92 Å². The maximum atomic E-state index is 14.0. The van der Waals surface area contributed by atoms with Crippen molar-refractivity contribution in [3.8, 4) is 0 Å². The summed E-state index contributed by atoms with van der Waals surface area (Å²) in [6, 6.07) is 4.48. The van der Waals surface area contributed by atoms with Crippen molar-refractivity contribution in [2.45, 2.75) is 44.4 Å². The molecule has 1 aromatic carbocycles. The zero-order chi connectivity index (χ0) is 14.2. The van der Waals surface area contributed by atoms with E-state index in [0.717, 1.165) is 12.8 Å². The highest BCUT2D eigenvalue weighted by atomic mass is 35.5. The van der Waals surface area contributed by atoms with Crippen LogP contribution in [0.25, 0.3) is 0 Å². The Morgan fingerprint density at radius 1 is 1.42 bits per heavy atom. The van der Waals surface area contributed by atoms with E-state index in [4.69, 9.17) is 11.6 Å². The van der Waals surface area contributed by atoms with Gasteiger partial charge in [-0.3, -0.25) is 0 Å². The molecule has 0 heterocycles. The topological polar surface area (TPSA) is 29.1 Å². The summed E-state index contributed by atoms with van der Waals surface area (Å²) in [5, 5.41) is 0.382. The third kappa shape index (κ3) is 3.77. The highest BCUT2D eigenvalue weighted by Gasteiger charge is 2.36. The Balaban J connectivity index is 2.23. The molecule has 1 aliphatic rings. The van der Waals surface area contributed by atoms with Crippen LogP contribution in [0.15, 0.2) is 18.2 Å². The van der Waals surface area contributed by atoms with Gasteiger partial charge < -0.3 is 0 Å². The van der Waals surface area contributed by atoms with Crippen LogP contribution in [0.1, 0.15) is 45.2 Å². The highest BCUT2D eigenvalue weighted by Crippen LogP contribution is 2.42. The molecule has 1 N–H and O–H groups in total. The fourth-order valence-corrected chi connectivity index (χ4v) is 2.95. The number of rotatable bonds is 4. The molecule has 1 fully saturated rings. The molecule has 19 heavy (non-hydrogen) atoms. The van der Waals surface area contributed by atoms with Crippen LogP contribution in [-0.2, 0) is 11.0 Å². The van der Waals surface area contributed by atoms with Crippen molar-refractivity contribution in [2.75, 3.05) is 0 Å². The molecule has 0 unspecified atom stereocenters. The van der Waals surface area contributed by atoms with Gasteiger partial charge in [-0.2, -0.15) is 0 Å². The van der Waals surface area contributed by atoms with Crippen molar-refractivity contribution in [1.29, 1.82) is 0 Å². The standard InChI is InChI=1S/C14H19ClFNOS/c1-14(2,3)19(18)17-13(9-4-5-9)11-7-6-10(15)8-12(11)16/h6-9,13,17H,4-5H2,1-3H3/t13-,19+/m1/s1. The molecule has 0 bridgehead atoms. The fourth-order valence-electron chi connectivity index (χ4n) is 1.89. The van der Waals surface area contributed by atoms with Crippen LogP contribution in [0.5, 0.6) is 0 Å². The van der Waals surface area contributed by atoms with E-state index in [-0.39, 0.29) is 16.6 Å². The Labute approximate surface area is 121 Å². The van der Waals surface area contributed by atoms with Gasteiger partial charge in [-0.1, -0.05) is 17.7 Å². The number of hydrogen-bond acceptors (Lipinski definition) is 1. The van der Waals surface area contributed by atoms with Crippen LogP contribution in [0, 0.1) is 11.7 Å². The first kappa shape index (κ1) is 14.9. The second kappa shape index (κ2) is 5.51. The van der Waals surface area contributed by atoms with Crippen LogP contribution in [-0.4, -0.2) is 8.96 Å². The minimum atomic E-state index is -1.21. The van der Waals surface area contributed by atoms with Gasteiger partial charge in [0.15, 0.2) is 0 Å². The molecule has 2 rings (SSSR count). The lowest BCUT2D eigenvalue weighted by molar-refractivity contribution is 0.518. The van der Waals surface area contributed by atoms with Gasteiger partial charge in [-0.05, 0) is 51.7 Å². The van der Waals surface area contributed by atoms with E-state index in [9.17, 15) is 8.60 Å². The van der Waals surface area contributed by atoms with Gasteiger partial charge in [-0.15, -0.1) is 0 Å². The van der Waals surface area contributed by atoms with E-state index >= 15 is 0 Å². The summed E-state index contributed by atoms with van der Waals surface area (Å²) in [5.74, 6) is 0.0322. The quantitative estimate of drug-likeness (QED) is 0.895. The van der Waals surface area contributed by atoms with Crippen molar-refractivity contribution >= 4 is 22.6 Å². The predicted octanol–water partition coefficient (Wildman–Crippen LogP) is 3.98. The smallest absolute Gasteiger partial charge is 0.129 e. The summed E-state index contributed by atoms with van der Waals surface area (Å²) in [6.45, 7) is 5.70. The summed E-state index contributed by atoms with van der Waals surface area (Å²) in [4.78, 5) is 0. The van der Waals surface area contributed by atoms with Crippen LogP contribution >= 0.6 is 11.6 Å². The molecule has 0 aliphatic heterocycles. The summed E-state index contributed by atoms with van der Waals surface area (Å²) in [5.41, 5.74) is 0.560. The Kier molecular flexibility index (Phi) is 4.33. The lowest BCUT2D eigenvalue weighted by atomic mass is 10.0. The average Bonchev–Trinajstić information content (AvgIpc) is 3.08. The first-order valence-electron chi connectivity index (χ1n) is 6.42. The van der Waals surface area contributed by atoms with Crippen LogP contribution < -0.4 is 4.72 Å². The minimum Gasteiger partial charge on any atom is -0.242 e. The maximum absolute atomic E-state index is 14.0. The molecule has 0 radical (unpaired) electrons. The summed E-state index contributed by atoms with van der Waals surface area (Å²) < 4.78 is 28.9. The van der Waals surface area contributed by atoms with Gasteiger partial charge in [0, 0.05) is 10.6 Å². The van der Waals surface area contributed by atoms with Gasteiger partial charge in [-0.25, -0.2) is 13.3 Å². The molecule has 0 aromatic heterocycles. The number of halogens is 2. The molecule has 0 saturated heterocycles. The zero-order valence-electron chi connectivity index (χ0n) is 11.4. The number of benzene rings is 1. The van der Waals surface area contributed by atoms with E-state index < -0.39 is 11.0 Å². The van der Waals surface area contributed by atoms with Crippen molar-refractivity contribution in [1.82, 2.24) is 4.72 Å². The van der Waals surface area contributed by atoms with Crippen LogP contribution in [0.3, 0.4) is 0 Å². The third-order valence-electron chi connectivity index (χ3n) is 3.18. The predicted molar refractivity (Wildman–Crippen MR) is 77.9 cm³/mol. The first-order valence-corrected chi connectivity index (χ1v) is 7.95. The SMILES string of the molecule is CC(C)(C)[S@](=O)N[C@@H](c1ccc(Cl)cc1F)C1CC1. The van der Waals surface area contributed by atoms with E-state index in [1.54, 1.807) is 12.1 Å². The van der Waals surface area contributed by atoms with Gasteiger partial charge in [0.25, 0.3) is 0 Å². The zero-order valence-corrected chi connectivity index (χ0v) is 12.9. The molecule has 1 aliphatic carbocycles. The van der Waals surface area contributed by atoms with Crippen LogP contribution in [0.2, 0.25) is 5.02 Å². The second-order valence-corrected chi connectivity index (χ2v) is 8.41. The van der Waals surface area contributed by atoms with E-state index in [2.05, 4.69) is 4.72 Å². The number of nitrogens with one attached hydrogen (secondary N) is 1. The molecule has 2 atom stereocenters. The van der Waals surface area contributed by atoms with E-state index in [1.807, 2.05) is 20.8 Å². The van der Waals surface area contributed by atoms with E-state index in [0.29, 0.717) is 16.5 Å². The molecule has 1 saturated carbocycles. The van der Waals surface area contributed by atoms with Crippen molar-refractivity contribution in [3.63, 3.8) is 0 Å². The van der Waals surface area contributed by atoms with Gasteiger partial charge in [0.2, 0.25) is 0 Å². The third-order valence-corrected chi connectivity index (χ3v) is 5.00. The Bertz CT molecular complexity index is 497. The second-order valence-electron chi connectivity index (χ2n) is 5.98. The molecule has 0 spiro atoms. The van der Waals surface area contributed by atoms with E-state index in [1.165, 1.54) is 6.07 Å². The molecule has 5 heteroatoms. The van der Waals surface area contributed by atoms with Crippen molar-refractivity contribution in [3.05, 3.63) is 34.6 Å². The lowest BCUT2D eigenvalue weighted by Gasteiger charge is -2.25. The molecular formula is C14H19ClFNOS. The van der Waals surface area contributed by atoms with Gasteiger partial charge in [0.05, 0.1) is 21.8 Å². The Morgan fingerprint density at radius 3 is 2.53 bits per heavy atom. The summed E-state index contributed by atoms with van der Waals surface area (Å²) in [7, 11) is -1.21. The van der Waals surface area contributed by atoms with Crippen LogP contribution in [0.4, 0.5) is 4.39 Å². The van der Waals surface area contributed by atoms with Gasteiger partial charge >= 0.3 is 0 Å². The lowest BCUT2D eigenvalue weighted by Crippen LogP contribution is -2.36. The Morgan fingerprint density at radius 2 is 2.05 bits per heavy atom. The fraction of sp³-hybridized carbons (Fsp3) is 0.571. The molecule has 106 valence electrons. The average molecular weight is 304 g/mol. The van der Waals surface area contributed by atoms with Gasteiger partial charge in [0.1, 0.15) is 5.82 Å². The maximum Gasteiger partial charge on any atom is 0.129 e. The molecule has 1 aromatic rings. The summed E-state index contributed by atoms with van der Waals surface area (Å²) in [6.07, 6.45) is 2.09. The molecular weight excluding hydrogens is 285 g/mol. The minimum absolute atomic E-state index is 0.197. The largest absolute Gasteiger partial charge is 0.242 e.